The van der Waals surface area contributed by atoms with Crippen molar-refractivity contribution in [3.05, 3.63) is 47.3 Å². The van der Waals surface area contributed by atoms with E-state index >= 15 is 0 Å². The van der Waals surface area contributed by atoms with Gasteiger partial charge in [-0.05, 0) is 42.7 Å². The van der Waals surface area contributed by atoms with Crippen molar-refractivity contribution in [2.45, 2.75) is 19.4 Å². The molecule has 0 bridgehead atoms. The molecule has 0 radical (unpaired) electrons. The van der Waals surface area contributed by atoms with Crippen LogP contribution >= 0.6 is 0 Å². The highest BCUT2D eigenvalue weighted by Gasteiger charge is 2.30. The van der Waals surface area contributed by atoms with Crippen molar-refractivity contribution in [1.82, 2.24) is 5.32 Å². The summed E-state index contributed by atoms with van der Waals surface area (Å²) < 4.78 is 25.3. The first-order chi connectivity index (χ1) is 12.0. The average molecular weight is 337 g/mol. The van der Waals surface area contributed by atoms with Gasteiger partial charge in [-0.1, -0.05) is 0 Å². The van der Waals surface area contributed by atoms with E-state index in [-0.39, 0.29) is 17.8 Å². The first-order valence-electron chi connectivity index (χ1n) is 8.23. The van der Waals surface area contributed by atoms with Gasteiger partial charge in [0.1, 0.15) is 36.9 Å². The number of benzene rings is 2. The van der Waals surface area contributed by atoms with E-state index in [4.69, 9.17) is 9.15 Å². The number of halogens is 1. The normalized spacial score (nSPS) is 15.9. The Hall–Kier alpha value is -2.76. The fraction of sp³-hybridized carbons (Fsp3) is 0.211. The van der Waals surface area contributed by atoms with Crippen molar-refractivity contribution >= 4 is 30.2 Å². The number of amides is 1. The highest BCUT2D eigenvalue weighted by Crippen LogP contribution is 2.41. The second-order valence-corrected chi connectivity index (χ2v) is 6.40. The van der Waals surface area contributed by atoms with Gasteiger partial charge in [0.15, 0.2) is 0 Å². The fourth-order valence-electron chi connectivity index (χ4n) is 3.50. The number of hydrogen-bond donors (Lipinski definition) is 1. The van der Waals surface area contributed by atoms with Crippen LogP contribution in [-0.2, 0) is 6.42 Å². The molecule has 2 heterocycles. The Kier molecular flexibility index (Phi) is 3.56. The van der Waals surface area contributed by atoms with Crippen LogP contribution in [0.25, 0.3) is 22.3 Å². The number of rotatable bonds is 2. The summed E-state index contributed by atoms with van der Waals surface area (Å²) in [4.78, 5) is 12.6. The maximum Gasteiger partial charge on any atom is 0.255 e. The highest BCUT2D eigenvalue weighted by atomic mass is 19.1. The van der Waals surface area contributed by atoms with Crippen molar-refractivity contribution in [1.29, 1.82) is 0 Å². The van der Waals surface area contributed by atoms with E-state index in [1.54, 1.807) is 19.2 Å². The minimum absolute atomic E-state index is 0.0565. The zero-order valence-corrected chi connectivity index (χ0v) is 14.3. The lowest BCUT2D eigenvalue weighted by Gasteiger charge is -2.07. The summed E-state index contributed by atoms with van der Waals surface area (Å²) in [7, 11) is 3.55. The van der Waals surface area contributed by atoms with E-state index in [1.807, 2.05) is 20.8 Å². The summed E-state index contributed by atoms with van der Waals surface area (Å²) in [6.45, 7) is 2.01. The number of nitrogens with one attached hydrogen (secondary N) is 1. The molecule has 0 saturated heterocycles. The predicted octanol–water partition coefficient (Wildman–Crippen LogP) is 2.18. The summed E-state index contributed by atoms with van der Waals surface area (Å²) >= 11 is 0. The zero-order valence-electron chi connectivity index (χ0n) is 14.3. The number of ether oxygens (including phenoxy) is 1. The van der Waals surface area contributed by atoms with Crippen LogP contribution in [0.4, 0.5) is 4.39 Å². The largest absolute Gasteiger partial charge is 0.491 e. The quantitative estimate of drug-likeness (QED) is 0.730. The zero-order chi connectivity index (χ0) is 17.7. The van der Waals surface area contributed by atoms with E-state index in [0.29, 0.717) is 22.5 Å². The maximum atomic E-state index is 13.3. The molecule has 2 aromatic carbocycles. The van der Waals surface area contributed by atoms with Crippen LogP contribution in [0.15, 0.2) is 34.7 Å². The smallest absolute Gasteiger partial charge is 0.255 e. The Morgan fingerprint density at radius 1 is 1.32 bits per heavy atom. The molecular weight excluding hydrogens is 320 g/mol. The number of hydrogen-bond acceptors (Lipinski definition) is 3. The first-order valence-corrected chi connectivity index (χ1v) is 8.23. The number of fused-ring (bicyclic) bond motifs is 3. The molecule has 1 unspecified atom stereocenters. The molecule has 1 aliphatic rings. The summed E-state index contributed by atoms with van der Waals surface area (Å²) in [5, 5.41) is 3.47. The van der Waals surface area contributed by atoms with Gasteiger partial charge in [-0.3, -0.25) is 4.79 Å². The Morgan fingerprint density at radius 3 is 2.72 bits per heavy atom. The van der Waals surface area contributed by atoms with Gasteiger partial charge in [0.05, 0.1) is 5.56 Å². The van der Waals surface area contributed by atoms with Crippen LogP contribution in [-0.4, -0.2) is 26.9 Å². The molecule has 0 fully saturated rings. The molecule has 1 aliphatic heterocycles. The second kappa shape index (κ2) is 5.65. The molecule has 1 aromatic heterocycles. The predicted molar refractivity (Wildman–Crippen MR) is 97.0 cm³/mol. The van der Waals surface area contributed by atoms with Crippen LogP contribution in [0.5, 0.6) is 5.75 Å². The second-order valence-electron chi connectivity index (χ2n) is 6.40. The van der Waals surface area contributed by atoms with Gasteiger partial charge in [-0.25, -0.2) is 4.39 Å². The van der Waals surface area contributed by atoms with Gasteiger partial charge in [-0.15, -0.1) is 0 Å². The topological polar surface area (TPSA) is 51.5 Å². The average Bonchev–Trinajstić information content (AvgIpc) is 3.15. The van der Waals surface area contributed by atoms with Crippen LogP contribution < -0.4 is 15.5 Å². The lowest BCUT2D eigenvalue weighted by molar-refractivity contribution is 0.0964. The Balaban J connectivity index is 2.06. The van der Waals surface area contributed by atoms with Crippen molar-refractivity contribution in [2.24, 2.45) is 0 Å². The van der Waals surface area contributed by atoms with Crippen molar-refractivity contribution in [3.8, 4) is 17.1 Å². The molecule has 4 rings (SSSR count). The molecule has 1 N–H and O–H groups in total. The highest BCUT2D eigenvalue weighted by molar-refractivity contribution is 6.36. The standard InChI is InChI=1S/C19H17BFNO3/c1-9-7-12-15-14(8-13(20)18(12)24-9)25-17(16(15)19(23)22-2)10-3-5-11(21)6-4-10/h3-6,8-9H,7,20H2,1-2H3,(H,22,23). The van der Waals surface area contributed by atoms with Crippen LogP contribution in [0.1, 0.15) is 22.8 Å². The van der Waals surface area contributed by atoms with E-state index < -0.39 is 0 Å². The van der Waals surface area contributed by atoms with Crippen molar-refractivity contribution in [2.75, 3.05) is 7.05 Å². The molecule has 6 heteroatoms. The number of furan rings is 1. The molecule has 1 atom stereocenters. The Labute approximate surface area is 145 Å². The lowest BCUT2D eigenvalue weighted by atomic mass is 9.89. The molecule has 1 amide bonds. The monoisotopic (exact) mass is 337 g/mol. The minimum atomic E-state index is -0.333. The third kappa shape index (κ3) is 2.40. The molecule has 0 aliphatic carbocycles. The van der Waals surface area contributed by atoms with Crippen molar-refractivity contribution < 1.29 is 18.3 Å². The van der Waals surface area contributed by atoms with Gasteiger partial charge in [0, 0.05) is 30.0 Å². The van der Waals surface area contributed by atoms with Crippen LogP contribution in [0.2, 0.25) is 0 Å². The van der Waals surface area contributed by atoms with E-state index in [2.05, 4.69) is 5.32 Å². The Bertz CT molecular complexity index is 994. The molecule has 0 saturated carbocycles. The summed E-state index contributed by atoms with van der Waals surface area (Å²) in [5.41, 5.74) is 3.76. The molecular formula is C19H17BFNO3. The summed E-state index contributed by atoms with van der Waals surface area (Å²) in [6.07, 6.45) is 0.779. The fourth-order valence-corrected chi connectivity index (χ4v) is 3.50. The molecule has 25 heavy (non-hydrogen) atoms. The van der Waals surface area contributed by atoms with E-state index in [1.165, 1.54) is 12.1 Å². The third-order valence-corrected chi connectivity index (χ3v) is 4.59. The van der Waals surface area contributed by atoms with Crippen LogP contribution in [0.3, 0.4) is 0 Å². The van der Waals surface area contributed by atoms with Gasteiger partial charge in [0.25, 0.3) is 5.91 Å². The molecule has 0 spiro atoms. The van der Waals surface area contributed by atoms with Crippen molar-refractivity contribution in [3.63, 3.8) is 0 Å². The SMILES string of the molecule is Bc1cc2oc(-c3ccc(F)cc3)c(C(=O)NC)c2c2c1OC(C)C2. The van der Waals surface area contributed by atoms with E-state index in [0.717, 1.165) is 28.6 Å². The number of carbonyl (C=O) groups is 1. The lowest BCUT2D eigenvalue weighted by Crippen LogP contribution is -2.18. The third-order valence-electron chi connectivity index (χ3n) is 4.59. The van der Waals surface area contributed by atoms with Gasteiger partial charge in [0.2, 0.25) is 0 Å². The molecule has 4 nitrogen and oxygen atoms in total. The first kappa shape index (κ1) is 15.8. The van der Waals surface area contributed by atoms with Gasteiger partial charge < -0.3 is 14.5 Å². The molecule has 126 valence electrons. The van der Waals surface area contributed by atoms with E-state index in [9.17, 15) is 9.18 Å². The summed E-state index contributed by atoms with van der Waals surface area (Å²) in [5.74, 6) is 0.710. The number of carbonyl (C=O) groups excluding carboxylic acids is 1. The van der Waals surface area contributed by atoms with Gasteiger partial charge in [-0.2, -0.15) is 0 Å². The van der Waals surface area contributed by atoms with Gasteiger partial charge >= 0.3 is 0 Å². The van der Waals surface area contributed by atoms with Crippen LogP contribution in [0, 0.1) is 5.82 Å². The Morgan fingerprint density at radius 2 is 2.04 bits per heavy atom. The molecule has 3 aromatic rings. The minimum Gasteiger partial charge on any atom is -0.491 e. The maximum absolute atomic E-state index is 13.3. The summed E-state index contributed by atoms with van der Waals surface area (Å²) in [6, 6.07) is 7.84.